The summed E-state index contributed by atoms with van der Waals surface area (Å²) < 4.78 is 5.10. The van der Waals surface area contributed by atoms with E-state index in [0.717, 1.165) is 4.90 Å². The highest BCUT2D eigenvalue weighted by molar-refractivity contribution is 6.21. The molecule has 0 radical (unpaired) electrons. The third kappa shape index (κ3) is 2.62. The number of benzene rings is 2. The third-order valence-electron chi connectivity index (χ3n) is 3.93. The number of nitrogens with zero attached hydrogens (tertiary/aromatic N) is 2. The minimum atomic E-state index is -0.393. The lowest BCUT2D eigenvalue weighted by molar-refractivity contribution is -0.116. The number of amides is 3. The van der Waals surface area contributed by atoms with Crippen molar-refractivity contribution in [1.82, 2.24) is 4.90 Å². The number of rotatable bonds is 4. The summed E-state index contributed by atoms with van der Waals surface area (Å²) in [6.07, 6.45) is 0. The molecule has 3 amide bonds. The van der Waals surface area contributed by atoms with Gasteiger partial charge in [0.2, 0.25) is 5.91 Å². The maximum Gasteiger partial charge on any atom is 0.263 e. The first-order valence-corrected chi connectivity index (χ1v) is 7.40. The molecule has 0 N–H and O–H groups in total. The zero-order valence-corrected chi connectivity index (χ0v) is 13.4. The van der Waals surface area contributed by atoms with Crippen molar-refractivity contribution in [2.75, 3.05) is 18.7 Å². The zero-order valence-electron chi connectivity index (χ0n) is 13.4. The van der Waals surface area contributed by atoms with Crippen LogP contribution in [0, 0.1) is 0 Å². The first-order valence-electron chi connectivity index (χ1n) is 7.40. The van der Waals surface area contributed by atoms with Crippen LogP contribution in [-0.2, 0) is 4.79 Å². The molecule has 0 spiro atoms. The van der Waals surface area contributed by atoms with Crippen LogP contribution in [-0.4, -0.2) is 36.4 Å². The summed E-state index contributed by atoms with van der Waals surface area (Å²) in [6.45, 7) is 1.26. The second-order valence-electron chi connectivity index (χ2n) is 5.37. The quantitative estimate of drug-likeness (QED) is 0.810. The lowest BCUT2D eigenvalue weighted by Gasteiger charge is -2.26. The molecule has 0 saturated heterocycles. The number of anilines is 1. The molecule has 3 rings (SSSR count). The number of fused-ring (bicyclic) bond motifs is 1. The van der Waals surface area contributed by atoms with E-state index in [0.29, 0.717) is 22.6 Å². The second kappa shape index (κ2) is 6.16. The molecule has 24 heavy (non-hydrogen) atoms. The van der Waals surface area contributed by atoms with E-state index in [9.17, 15) is 14.4 Å². The average molecular weight is 324 g/mol. The van der Waals surface area contributed by atoms with E-state index in [-0.39, 0.29) is 12.6 Å². The van der Waals surface area contributed by atoms with Crippen LogP contribution in [0.5, 0.6) is 5.75 Å². The summed E-state index contributed by atoms with van der Waals surface area (Å²) in [5.41, 5.74) is 1.31. The van der Waals surface area contributed by atoms with Gasteiger partial charge in [-0.1, -0.05) is 12.1 Å². The fourth-order valence-corrected chi connectivity index (χ4v) is 2.63. The number of imide groups is 1. The maximum atomic E-state index is 12.4. The Labute approximate surface area is 139 Å². The maximum absolute atomic E-state index is 12.4. The number of hydrogen-bond donors (Lipinski definition) is 0. The summed E-state index contributed by atoms with van der Waals surface area (Å²) in [5.74, 6) is -0.398. The molecule has 0 saturated carbocycles. The molecule has 1 aliphatic heterocycles. The van der Waals surface area contributed by atoms with Gasteiger partial charge < -0.3 is 4.74 Å². The molecule has 0 unspecified atom stereocenters. The molecule has 2 aromatic rings. The Hall–Kier alpha value is -3.15. The predicted molar refractivity (Wildman–Crippen MR) is 88.0 cm³/mol. The molecule has 0 atom stereocenters. The van der Waals surface area contributed by atoms with E-state index >= 15 is 0 Å². The van der Waals surface area contributed by atoms with Crippen LogP contribution < -0.4 is 9.64 Å². The van der Waals surface area contributed by atoms with Crippen molar-refractivity contribution in [1.29, 1.82) is 0 Å². The van der Waals surface area contributed by atoms with Crippen LogP contribution in [0.3, 0.4) is 0 Å². The first-order chi connectivity index (χ1) is 11.5. The number of carbonyl (C=O) groups excluding carboxylic acids is 3. The third-order valence-corrected chi connectivity index (χ3v) is 3.93. The van der Waals surface area contributed by atoms with Crippen LogP contribution in [0.15, 0.2) is 48.5 Å². The summed E-state index contributed by atoms with van der Waals surface area (Å²) >= 11 is 0. The van der Waals surface area contributed by atoms with Gasteiger partial charge >= 0.3 is 0 Å². The van der Waals surface area contributed by atoms with Crippen molar-refractivity contribution in [3.8, 4) is 5.75 Å². The van der Waals surface area contributed by atoms with Gasteiger partial charge in [0.1, 0.15) is 12.4 Å². The molecule has 2 aromatic carbocycles. The number of hydrogen-bond acceptors (Lipinski definition) is 4. The number of carbonyl (C=O) groups is 3. The van der Waals surface area contributed by atoms with Gasteiger partial charge in [-0.25, -0.2) is 0 Å². The summed E-state index contributed by atoms with van der Waals surface area (Å²) in [4.78, 5) is 39.4. The molecular weight excluding hydrogens is 308 g/mol. The topological polar surface area (TPSA) is 66.9 Å². The Morgan fingerprint density at radius 1 is 1.00 bits per heavy atom. The summed E-state index contributed by atoms with van der Waals surface area (Å²) in [7, 11) is 1.55. The fraction of sp³-hybridized carbons (Fsp3) is 0.167. The fourth-order valence-electron chi connectivity index (χ4n) is 2.63. The SMILES string of the molecule is COc1ccc(N(CN2C(=O)c3ccccc3C2=O)C(C)=O)cc1. The van der Waals surface area contributed by atoms with Gasteiger partial charge in [-0.2, -0.15) is 0 Å². The highest BCUT2D eigenvalue weighted by Gasteiger charge is 2.36. The molecule has 6 heteroatoms. The van der Waals surface area contributed by atoms with Gasteiger partial charge in [0.15, 0.2) is 0 Å². The van der Waals surface area contributed by atoms with Gasteiger partial charge in [-0.15, -0.1) is 0 Å². The molecule has 0 fully saturated rings. The second-order valence-corrected chi connectivity index (χ2v) is 5.37. The minimum Gasteiger partial charge on any atom is -0.497 e. The van der Waals surface area contributed by atoms with Gasteiger partial charge in [-0.05, 0) is 36.4 Å². The van der Waals surface area contributed by atoms with E-state index in [2.05, 4.69) is 0 Å². The molecular formula is C18H16N2O4. The summed E-state index contributed by atoms with van der Waals surface area (Å²) in [6, 6.07) is 13.5. The summed E-state index contributed by atoms with van der Waals surface area (Å²) in [5, 5.41) is 0. The van der Waals surface area contributed by atoms with Crippen molar-refractivity contribution in [3.05, 3.63) is 59.7 Å². The van der Waals surface area contributed by atoms with E-state index in [1.807, 2.05) is 0 Å². The highest BCUT2D eigenvalue weighted by atomic mass is 16.5. The van der Waals surface area contributed by atoms with Gasteiger partial charge in [0.25, 0.3) is 11.8 Å². The van der Waals surface area contributed by atoms with Gasteiger partial charge in [0.05, 0.1) is 18.2 Å². The molecule has 0 bridgehead atoms. The Balaban J connectivity index is 1.88. The molecule has 1 heterocycles. The molecule has 0 aromatic heterocycles. The van der Waals surface area contributed by atoms with Gasteiger partial charge in [0, 0.05) is 12.6 Å². The van der Waals surface area contributed by atoms with E-state index < -0.39 is 11.8 Å². The minimum absolute atomic E-state index is 0.131. The Morgan fingerprint density at radius 3 is 2.00 bits per heavy atom. The van der Waals surface area contributed by atoms with Crippen molar-refractivity contribution in [2.24, 2.45) is 0 Å². The molecule has 1 aliphatic rings. The van der Waals surface area contributed by atoms with Crippen molar-refractivity contribution >= 4 is 23.4 Å². The first kappa shape index (κ1) is 15.7. The molecule has 6 nitrogen and oxygen atoms in total. The Kier molecular flexibility index (Phi) is 4.04. The van der Waals surface area contributed by atoms with Crippen LogP contribution in [0.25, 0.3) is 0 Å². The lowest BCUT2D eigenvalue weighted by Crippen LogP contribution is -2.43. The van der Waals surface area contributed by atoms with Crippen molar-refractivity contribution in [2.45, 2.75) is 6.92 Å². The molecule has 0 aliphatic carbocycles. The van der Waals surface area contributed by atoms with Gasteiger partial charge in [-0.3, -0.25) is 24.2 Å². The zero-order chi connectivity index (χ0) is 17.3. The van der Waals surface area contributed by atoms with Crippen LogP contribution >= 0.6 is 0 Å². The van der Waals surface area contributed by atoms with Crippen molar-refractivity contribution in [3.63, 3.8) is 0 Å². The van der Waals surface area contributed by atoms with Crippen molar-refractivity contribution < 1.29 is 19.1 Å². The highest BCUT2D eigenvalue weighted by Crippen LogP contribution is 2.25. The monoisotopic (exact) mass is 324 g/mol. The largest absolute Gasteiger partial charge is 0.497 e. The van der Waals surface area contributed by atoms with E-state index in [4.69, 9.17) is 4.74 Å². The smallest absolute Gasteiger partial charge is 0.263 e. The number of ether oxygens (including phenoxy) is 1. The van der Waals surface area contributed by atoms with E-state index in [1.165, 1.54) is 11.8 Å². The van der Waals surface area contributed by atoms with Crippen LogP contribution in [0.1, 0.15) is 27.6 Å². The van der Waals surface area contributed by atoms with Crippen LogP contribution in [0.2, 0.25) is 0 Å². The Bertz CT molecular complexity index is 779. The standard InChI is InChI=1S/C18H16N2O4/c1-12(21)19(13-7-9-14(24-2)10-8-13)11-20-17(22)15-5-3-4-6-16(15)18(20)23/h3-10H,11H2,1-2H3. The average Bonchev–Trinajstić information content (AvgIpc) is 2.84. The normalized spacial score (nSPS) is 13.0. The van der Waals surface area contributed by atoms with Crippen LogP contribution in [0.4, 0.5) is 5.69 Å². The van der Waals surface area contributed by atoms with E-state index in [1.54, 1.807) is 55.6 Å². The molecule has 122 valence electrons. The Morgan fingerprint density at radius 2 is 1.54 bits per heavy atom. The number of methoxy groups -OCH3 is 1. The predicted octanol–water partition coefficient (Wildman–Crippen LogP) is 2.30. The lowest BCUT2D eigenvalue weighted by atomic mass is 10.1.